The zero-order valence-corrected chi connectivity index (χ0v) is 10.5. The van der Waals surface area contributed by atoms with Crippen LogP contribution >= 0.6 is 0 Å². The van der Waals surface area contributed by atoms with Crippen molar-refractivity contribution in [3.63, 3.8) is 0 Å². The molecule has 120 valence electrons. The predicted octanol–water partition coefficient (Wildman–Crippen LogP) is -0.380. The summed E-state index contributed by atoms with van der Waals surface area (Å²) in [5.41, 5.74) is 0. The molecule has 0 aliphatic heterocycles. The van der Waals surface area contributed by atoms with Crippen molar-refractivity contribution in [3.8, 4) is 11.6 Å². The molecule has 0 saturated carbocycles. The van der Waals surface area contributed by atoms with E-state index in [0.29, 0.717) is 0 Å². The van der Waals surface area contributed by atoms with Crippen molar-refractivity contribution in [2.75, 3.05) is 5.84 Å². The van der Waals surface area contributed by atoms with E-state index in [4.69, 9.17) is 5.84 Å². The molecule has 0 aromatic carbocycles. The molecule has 0 radical (unpaired) electrons. The van der Waals surface area contributed by atoms with E-state index in [0.717, 1.165) is 0 Å². The summed E-state index contributed by atoms with van der Waals surface area (Å²) in [6.07, 6.45) is 0. The first-order chi connectivity index (χ1) is 10.6. The molecular formula is C6H3N9O8. The molecule has 0 amide bonds. The van der Waals surface area contributed by atoms with E-state index < -0.39 is 54.6 Å². The topological polar surface area (TPSA) is 245 Å². The summed E-state index contributed by atoms with van der Waals surface area (Å²) in [5, 5.41) is 42.9. The van der Waals surface area contributed by atoms with Gasteiger partial charge in [-0.05, 0) is 19.7 Å². The summed E-state index contributed by atoms with van der Waals surface area (Å²) >= 11 is 0. The molecule has 0 aliphatic carbocycles. The standard InChI is InChI=1S/C6H3N9O8/c7-11-2(10-5(14(20)21)6(11)15(22)23)1-8-3(12(16)17)4(9-1)13(18)19/h7H2,(H,8,9). The number of imidazole rings is 2. The van der Waals surface area contributed by atoms with Gasteiger partial charge in [0.2, 0.25) is 0 Å². The Labute approximate surface area is 121 Å². The summed E-state index contributed by atoms with van der Waals surface area (Å²) in [6.45, 7) is 0. The van der Waals surface area contributed by atoms with Gasteiger partial charge in [0, 0.05) is 9.97 Å². The van der Waals surface area contributed by atoms with Crippen molar-refractivity contribution < 1.29 is 19.7 Å². The fourth-order valence-electron chi connectivity index (χ4n) is 1.59. The molecule has 0 unspecified atom stereocenters. The van der Waals surface area contributed by atoms with E-state index in [1.54, 1.807) is 0 Å². The summed E-state index contributed by atoms with van der Waals surface area (Å²) in [5.74, 6) is -1.03. The lowest BCUT2D eigenvalue weighted by Crippen LogP contribution is -2.14. The van der Waals surface area contributed by atoms with Gasteiger partial charge in [0.15, 0.2) is 0 Å². The van der Waals surface area contributed by atoms with Crippen molar-refractivity contribution in [1.82, 2.24) is 19.6 Å². The molecule has 3 N–H and O–H groups in total. The van der Waals surface area contributed by atoms with Gasteiger partial charge in [-0.1, -0.05) is 4.68 Å². The average molecular weight is 329 g/mol. The molecular weight excluding hydrogens is 326 g/mol. The zero-order valence-electron chi connectivity index (χ0n) is 10.5. The number of nitrogens with one attached hydrogen (secondary N) is 1. The number of rotatable bonds is 5. The minimum atomic E-state index is -1.26. The highest BCUT2D eigenvalue weighted by Crippen LogP contribution is 2.32. The number of hydrogen-bond acceptors (Lipinski definition) is 11. The molecule has 23 heavy (non-hydrogen) atoms. The van der Waals surface area contributed by atoms with Crippen LogP contribution in [0.3, 0.4) is 0 Å². The largest absolute Gasteiger partial charge is 0.465 e. The van der Waals surface area contributed by atoms with E-state index in [2.05, 4.69) is 9.97 Å². The summed E-state index contributed by atoms with van der Waals surface area (Å²) in [7, 11) is 0. The van der Waals surface area contributed by atoms with Gasteiger partial charge in [-0.15, -0.1) is 0 Å². The van der Waals surface area contributed by atoms with Gasteiger partial charge in [0.05, 0.1) is 0 Å². The maximum absolute atomic E-state index is 10.8. The second kappa shape index (κ2) is 4.98. The summed E-state index contributed by atoms with van der Waals surface area (Å²) in [4.78, 5) is 46.5. The quantitative estimate of drug-likeness (QED) is 0.406. The van der Waals surface area contributed by atoms with Gasteiger partial charge in [-0.25, -0.2) is 0 Å². The second-order valence-corrected chi connectivity index (χ2v) is 3.74. The number of nitrogen functional groups attached to an aromatic ring is 1. The van der Waals surface area contributed by atoms with Crippen LogP contribution in [0.15, 0.2) is 0 Å². The molecule has 0 spiro atoms. The van der Waals surface area contributed by atoms with E-state index in [1.807, 2.05) is 4.98 Å². The fraction of sp³-hybridized carbons (Fsp3) is 0. The zero-order chi connectivity index (χ0) is 17.5. The van der Waals surface area contributed by atoms with Crippen LogP contribution in [0.2, 0.25) is 0 Å². The summed E-state index contributed by atoms with van der Waals surface area (Å²) < 4.78 is 0.129. The molecule has 2 rings (SSSR count). The maximum atomic E-state index is 10.8. The number of nitro groups is 4. The minimum Gasteiger partial charge on any atom is -0.358 e. The molecule has 0 saturated heterocycles. The molecule has 0 bridgehead atoms. The van der Waals surface area contributed by atoms with E-state index in [9.17, 15) is 40.5 Å². The highest BCUT2D eigenvalue weighted by Gasteiger charge is 2.45. The van der Waals surface area contributed by atoms with Gasteiger partial charge in [0.25, 0.3) is 0 Å². The molecule has 0 aliphatic rings. The van der Waals surface area contributed by atoms with Crippen molar-refractivity contribution >= 4 is 23.3 Å². The van der Waals surface area contributed by atoms with Crippen LogP contribution in [0.4, 0.5) is 23.3 Å². The number of H-pyrrole nitrogens is 1. The third-order valence-corrected chi connectivity index (χ3v) is 2.45. The number of nitrogens with zero attached hydrogens (tertiary/aromatic N) is 7. The Bertz CT molecular complexity index is 832. The van der Waals surface area contributed by atoms with E-state index in [-0.39, 0.29) is 4.68 Å². The Morgan fingerprint density at radius 3 is 1.78 bits per heavy atom. The number of aromatic amines is 1. The third-order valence-electron chi connectivity index (χ3n) is 2.45. The Morgan fingerprint density at radius 2 is 1.43 bits per heavy atom. The Kier molecular flexibility index (Phi) is 3.29. The molecule has 0 fully saturated rings. The Balaban J connectivity index is 2.73. The van der Waals surface area contributed by atoms with Crippen LogP contribution in [-0.4, -0.2) is 39.3 Å². The molecule has 17 nitrogen and oxygen atoms in total. The van der Waals surface area contributed by atoms with E-state index in [1.165, 1.54) is 0 Å². The van der Waals surface area contributed by atoms with Crippen LogP contribution in [0.25, 0.3) is 11.6 Å². The highest BCUT2D eigenvalue weighted by atomic mass is 16.7. The van der Waals surface area contributed by atoms with Gasteiger partial charge >= 0.3 is 34.9 Å². The van der Waals surface area contributed by atoms with Crippen LogP contribution in [-0.2, 0) is 0 Å². The lowest BCUT2D eigenvalue weighted by atomic mass is 10.6. The third kappa shape index (κ3) is 2.32. The first-order valence-electron chi connectivity index (χ1n) is 5.20. The molecule has 2 heterocycles. The van der Waals surface area contributed by atoms with Crippen molar-refractivity contribution in [2.45, 2.75) is 0 Å². The summed E-state index contributed by atoms with van der Waals surface area (Å²) in [6, 6.07) is 0. The van der Waals surface area contributed by atoms with Gasteiger partial charge in [0.1, 0.15) is 0 Å². The smallest absolute Gasteiger partial charge is 0.358 e. The van der Waals surface area contributed by atoms with Crippen molar-refractivity contribution in [3.05, 3.63) is 40.5 Å². The lowest BCUT2D eigenvalue weighted by Gasteiger charge is -1.92. The second-order valence-electron chi connectivity index (χ2n) is 3.74. The first kappa shape index (κ1) is 15.2. The number of hydrogen-bond donors (Lipinski definition) is 2. The molecule has 17 heteroatoms. The van der Waals surface area contributed by atoms with E-state index >= 15 is 0 Å². The monoisotopic (exact) mass is 329 g/mol. The van der Waals surface area contributed by atoms with Gasteiger partial charge < -0.3 is 40.5 Å². The maximum Gasteiger partial charge on any atom is 0.465 e. The predicted molar refractivity (Wildman–Crippen MR) is 66.6 cm³/mol. The number of nitrogens with two attached hydrogens (primary N) is 1. The van der Waals surface area contributed by atoms with Crippen LogP contribution < -0.4 is 5.84 Å². The van der Waals surface area contributed by atoms with Crippen LogP contribution in [0.1, 0.15) is 0 Å². The Morgan fingerprint density at radius 1 is 0.870 bits per heavy atom. The SMILES string of the molecule is Nn1c(-c2nc([N+](=O)[O-])c([N+](=O)[O-])[nH]2)nc([N+](=O)[O-])c1[N+](=O)[O-]. The minimum absolute atomic E-state index is 0.129. The lowest BCUT2D eigenvalue weighted by molar-refractivity contribution is -0.428. The first-order valence-corrected chi connectivity index (χ1v) is 5.20. The van der Waals surface area contributed by atoms with Gasteiger partial charge in [-0.2, -0.15) is 4.98 Å². The molecule has 2 aromatic heterocycles. The van der Waals surface area contributed by atoms with Gasteiger partial charge in [-0.3, -0.25) is 5.84 Å². The molecule has 2 aromatic rings. The normalized spacial score (nSPS) is 10.4. The average Bonchev–Trinajstić information content (AvgIpc) is 2.99. The molecule has 0 atom stereocenters. The van der Waals surface area contributed by atoms with Crippen LogP contribution in [0.5, 0.6) is 0 Å². The van der Waals surface area contributed by atoms with Crippen molar-refractivity contribution in [2.24, 2.45) is 0 Å². The number of aromatic nitrogens is 4. The highest BCUT2D eigenvalue weighted by molar-refractivity contribution is 5.60. The van der Waals surface area contributed by atoms with Crippen LogP contribution in [0, 0.1) is 40.5 Å². The van der Waals surface area contributed by atoms with Crippen molar-refractivity contribution in [1.29, 1.82) is 0 Å². The fourth-order valence-corrected chi connectivity index (χ4v) is 1.59. The Hall–Kier alpha value is -4.18.